The molecule has 5 heteroatoms. The Morgan fingerprint density at radius 3 is 2.35 bits per heavy atom. The van der Waals surface area contributed by atoms with Gasteiger partial charge in [-0.3, -0.25) is 11.3 Å². The summed E-state index contributed by atoms with van der Waals surface area (Å²) in [5, 5.41) is 1.02. The first-order valence-corrected chi connectivity index (χ1v) is 7.00. The molecule has 0 aromatic heterocycles. The molecular weight excluding hydrogens is 298 g/mol. The molecule has 3 N–H and O–H groups in total. The molecule has 1 unspecified atom stereocenters. The van der Waals surface area contributed by atoms with Crippen LogP contribution in [0.5, 0.6) is 0 Å². The van der Waals surface area contributed by atoms with Crippen LogP contribution >= 0.6 is 23.2 Å². The van der Waals surface area contributed by atoms with E-state index in [-0.39, 0.29) is 11.9 Å². The molecule has 1 atom stereocenters. The van der Waals surface area contributed by atoms with Crippen LogP contribution in [0.1, 0.15) is 11.1 Å². The predicted molar refractivity (Wildman–Crippen MR) is 81.4 cm³/mol. The zero-order valence-electron chi connectivity index (χ0n) is 10.7. The number of hydrogen-bond acceptors (Lipinski definition) is 2. The lowest BCUT2D eigenvalue weighted by molar-refractivity contribution is 0.506. The van der Waals surface area contributed by atoms with Gasteiger partial charge < -0.3 is 0 Å². The van der Waals surface area contributed by atoms with Crippen molar-refractivity contribution in [3.05, 3.63) is 69.5 Å². The summed E-state index contributed by atoms with van der Waals surface area (Å²) in [6, 6.07) is 12.0. The van der Waals surface area contributed by atoms with Crippen molar-refractivity contribution in [2.24, 2.45) is 5.84 Å². The maximum atomic E-state index is 13.7. The zero-order chi connectivity index (χ0) is 14.5. The fraction of sp³-hybridized carbons (Fsp3) is 0.200. The molecule has 0 spiro atoms. The fourth-order valence-electron chi connectivity index (χ4n) is 2.09. The average Bonchev–Trinajstić information content (AvgIpc) is 2.45. The summed E-state index contributed by atoms with van der Waals surface area (Å²) in [5.41, 5.74) is 4.21. The third kappa shape index (κ3) is 3.70. The van der Waals surface area contributed by atoms with E-state index in [1.54, 1.807) is 24.3 Å². The third-order valence-electron chi connectivity index (χ3n) is 3.16. The second-order valence-electron chi connectivity index (χ2n) is 4.58. The topological polar surface area (TPSA) is 38.0 Å². The lowest BCUT2D eigenvalue weighted by Crippen LogP contribution is -2.38. The smallest absolute Gasteiger partial charge is 0.126 e. The van der Waals surface area contributed by atoms with Crippen LogP contribution in [0.15, 0.2) is 42.5 Å². The molecule has 0 aliphatic heterocycles. The van der Waals surface area contributed by atoms with E-state index in [2.05, 4.69) is 5.43 Å². The van der Waals surface area contributed by atoms with E-state index in [1.807, 2.05) is 12.1 Å². The van der Waals surface area contributed by atoms with Gasteiger partial charge in [-0.2, -0.15) is 0 Å². The van der Waals surface area contributed by atoms with Crippen molar-refractivity contribution in [1.82, 2.24) is 5.43 Å². The summed E-state index contributed by atoms with van der Waals surface area (Å²) < 4.78 is 13.7. The molecule has 2 aromatic carbocycles. The summed E-state index contributed by atoms with van der Waals surface area (Å²) in [6.07, 6.45) is 1.05. The summed E-state index contributed by atoms with van der Waals surface area (Å²) in [6.45, 7) is 0. The number of halogens is 3. The minimum Gasteiger partial charge on any atom is -0.271 e. The molecule has 0 bridgehead atoms. The van der Waals surface area contributed by atoms with Crippen LogP contribution in [0.4, 0.5) is 4.39 Å². The van der Waals surface area contributed by atoms with Crippen molar-refractivity contribution < 1.29 is 4.39 Å². The number of hydrazine groups is 1. The summed E-state index contributed by atoms with van der Waals surface area (Å²) >= 11 is 12.1. The number of benzene rings is 2. The molecule has 2 nitrogen and oxygen atoms in total. The van der Waals surface area contributed by atoms with Crippen LogP contribution < -0.4 is 11.3 Å². The van der Waals surface area contributed by atoms with Gasteiger partial charge in [0.25, 0.3) is 0 Å². The number of rotatable bonds is 5. The highest BCUT2D eigenvalue weighted by Gasteiger charge is 2.14. The van der Waals surface area contributed by atoms with Gasteiger partial charge in [-0.1, -0.05) is 53.5 Å². The Labute approximate surface area is 127 Å². The first-order chi connectivity index (χ1) is 9.61. The molecule has 0 saturated carbocycles. The van der Waals surface area contributed by atoms with Gasteiger partial charge >= 0.3 is 0 Å². The molecule has 106 valence electrons. The Kier molecular flexibility index (Phi) is 5.38. The molecule has 0 heterocycles. The van der Waals surface area contributed by atoms with Crippen molar-refractivity contribution in [2.75, 3.05) is 0 Å². The van der Waals surface area contributed by atoms with Gasteiger partial charge in [0.05, 0.1) is 10.0 Å². The maximum Gasteiger partial charge on any atom is 0.126 e. The normalized spacial score (nSPS) is 12.4. The molecule has 0 aliphatic rings. The molecule has 0 amide bonds. The standard InChI is InChI=1S/C15H15Cl2FN2/c16-13-6-3-5-11(15(13)17)9-12(20-19)8-10-4-1-2-7-14(10)18/h1-7,12,20H,8-9,19H2. The van der Waals surface area contributed by atoms with Gasteiger partial charge in [0.15, 0.2) is 0 Å². The third-order valence-corrected chi connectivity index (χ3v) is 4.02. The van der Waals surface area contributed by atoms with E-state index < -0.39 is 0 Å². The van der Waals surface area contributed by atoms with Crippen LogP contribution in [0.2, 0.25) is 10.0 Å². The highest BCUT2D eigenvalue weighted by atomic mass is 35.5. The molecule has 2 aromatic rings. The van der Waals surface area contributed by atoms with Crippen molar-refractivity contribution in [3.63, 3.8) is 0 Å². The first kappa shape index (κ1) is 15.3. The molecular formula is C15H15Cl2FN2. The van der Waals surface area contributed by atoms with Gasteiger partial charge in [0.2, 0.25) is 0 Å². The Bertz CT molecular complexity index is 590. The maximum absolute atomic E-state index is 13.7. The van der Waals surface area contributed by atoms with Crippen molar-refractivity contribution >= 4 is 23.2 Å². The highest BCUT2D eigenvalue weighted by molar-refractivity contribution is 6.42. The molecule has 0 fully saturated rings. The largest absolute Gasteiger partial charge is 0.271 e. The van der Waals surface area contributed by atoms with Crippen molar-refractivity contribution in [2.45, 2.75) is 18.9 Å². The predicted octanol–water partition coefficient (Wildman–Crippen LogP) is 3.75. The van der Waals surface area contributed by atoms with Crippen molar-refractivity contribution in [1.29, 1.82) is 0 Å². The van der Waals surface area contributed by atoms with E-state index in [1.165, 1.54) is 6.07 Å². The fourth-order valence-corrected chi connectivity index (χ4v) is 2.49. The Balaban J connectivity index is 2.14. The van der Waals surface area contributed by atoms with E-state index >= 15 is 0 Å². The van der Waals surface area contributed by atoms with Gasteiger partial charge in [-0.15, -0.1) is 0 Å². The van der Waals surface area contributed by atoms with E-state index in [4.69, 9.17) is 29.0 Å². The monoisotopic (exact) mass is 312 g/mol. The van der Waals surface area contributed by atoms with Gasteiger partial charge in [-0.25, -0.2) is 4.39 Å². The molecule has 0 saturated heterocycles. The lowest BCUT2D eigenvalue weighted by atomic mass is 9.99. The summed E-state index contributed by atoms with van der Waals surface area (Å²) in [4.78, 5) is 0. The Morgan fingerprint density at radius 1 is 1.00 bits per heavy atom. The summed E-state index contributed by atoms with van der Waals surface area (Å²) in [5.74, 6) is 5.33. The number of hydrogen-bond donors (Lipinski definition) is 2. The van der Waals surface area contributed by atoms with Crippen molar-refractivity contribution in [3.8, 4) is 0 Å². The summed E-state index contributed by atoms with van der Waals surface area (Å²) in [7, 11) is 0. The number of nitrogens with two attached hydrogens (primary N) is 1. The minimum absolute atomic E-state index is 0.122. The zero-order valence-corrected chi connectivity index (χ0v) is 12.3. The van der Waals surface area contributed by atoms with Crippen LogP contribution in [0, 0.1) is 5.82 Å². The molecule has 0 aliphatic carbocycles. The number of nitrogens with one attached hydrogen (secondary N) is 1. The van der Waals surface area contributed by atoms with Crippen LogP contribution in [0.3, 0.4) is 0 Å². The first-order valence-electron chi connectivity index (χ1n) is 6.24. The second-order valence-corrected chi connectivity index (χ2v) is 5.36. The van der Waals surface area contributed by atoms with Gasteiger partial charge in [0.1, 0.15) is 5.82 Å². The highest BCUT2D eigenvalue weighted by Crippen LogP contribution is 2.26. The van der Waals surface area contributed by atoms with Gasteiger partial charge in [0, 0.05) is 6.04 Å². The van der Waals surface area contributed by atoms with Gasteiger partial charge in [-0.05, 0) is 36.1 Å². The molecule has 2 rings (SSSR count). The quantitative estimate of drug-likeness (QED) is 0.652. The van der Waals surface area contributed by atoms with Crippen LogP contribution in [0.25, 0.3) is 0 Å². The molecule has 0 radical (unpaired) electrons. The van der Waals surface area contributed by atoms with Crippen LogP contribution in [-0.2, 0) is 12.8 Å². The van der Waals surface area contributed by atoms with E-state index in [9.17, 15) is 4.39 Å². The average molecular weight is 313 g/mol. The Morgan fingerprint density at radius 2 is 1.65 bits per heavy atom. The van der Waals surface area contributed by atoms with E-state index in [0.717, 1.165) is 5.56 Å². The lowest BCUT2D eigenvalue weighted by Gasteiger charge is -2.17. The SMILES string of the molecule is NNC(Cc1ccccc1F)Cc1cccc(Cl)c1Cl. The minimum atomic E-state index is -0.232. The van der Waals surface area contributed by atoms with E-state index in [0.29, 0.717) is 28.5 Å². The van der Waals surface area contributed by atoms with Crippen LogP contribution in [-0.4, -0.2) is 6.04 Å². The Hall–Kier alpha value is -1.13. The molecule has 20 heavy (non-hydrogen) atoms. The second kappa shape index (κ2) is 7.04.